The summed E-state index contributed by atoms with van der Waals surface area (Å²) >= 11 is 5.61. The first-order valence-corrected chi connectivity index (χ1v) is 3.61. The molecule has 1 rings (SSSR count). The summed E-state index contributed by atoms with van der Waals surface area (Å²) in [6.07, 6.45) is 0. The Kier molecular flexibility index (Phi) is 4.66. The Bertz CT molecular complexity index is 271. The van der Waals surface area contributed by atoms with Gasteiger partial charge in [0.05, 0.1) is 22.5 Å². The maximum atomic E-state index is 7.32. The number of rotatable bonds is 0. The van der Waals surface area contributed by atoms with Gasteiger partial charge in [-0.15, -0.1) is 0 Å². The molecule has 12 heavy (non-hydrogen) atoms. The van der Waals surface area contributed by atoms with Crippen LogP contribution in [0.1, 0.15) is 6.92 Å². The minimum Gasteiger partial charge on any atom is -0.397 e. The first-order valence-electron chi connectivity index (χ1n) is 3.23. The van der Waals surface area contributed by atoms with Crippen LogP contribution in [-0.4, -0.2) is 0 Å². The van der Waals surface area contributed by atoms with Gasteiger partial charge >= 0.3 is 0 Å². The quantitative estimate of drug-likeness (QED) is 0.605. The molecule has 0 spiro atoms. The maximum absolute atomic E-state index is 7.32. The van der Waals surface area contributed by atoms with E-state index in [0.717, 1.165) is 0 Å². The summed E-state index contributed by atoms with van der Waals surface area (Å²) < 4.78 is 0. The normalized spacial score (nSPS) is 7.75. The molecule has 3 nitrogen and oxygen atoms in total. The van der Waals surface area contributed by atoms with Gasteiger partial charge in [0.25, 0.3) is 0 Å². The zero-order chi connectivity index (χ0) is 9.56. The summed E-state index contributed by atoms with van der Waals surface area (Å²) in [6, 6.07) is 6.92. The molecule has 0 saturated carbocycles. The lowest BCUT2D eigenvalue weighted by Gasteiger charge is -1.98. The van der Waals surface area contributed by atoms with Crippen molar-refractivity contribution in [1.82, 2.24) is 0 Å². The average Bonchev–Trinajstić information content (AvgIpc) is 2.02. The lowest BCUT2D eigenvalue weighted by molar-refractivity contribution is 1.49. The van der Waals surface area contributed by atoms with Crippen LogP contribution in [0.3, 0.4) is 0 Å². The van der Waals surface area contributed by atoms with Crippen molar-refractivity contribution in [3.8, 4) is 6.07 Å². The molecule has 64 valence electrons. The van der Waals surface area contributed by atoms with E-state index in [2.05, 4.69) is 0 Å². The van der Waals surface area contributed by atoms with Gasteiger partial charge in [-0.2, -0.15) is 5.26 Å². The fourth-order valence-corrected chi connectivity index (χ4v) is 0.736. The van der Waals surface area contributed by atoms with Crippen LogP contribution in [0.4, 0.5) is 11.4 Å². The summed E-state index contributed by atoms with van der Waals surface area (Å²) in [7, 11) is 0. The maximum Gasteiger partial charge on any atom is 0.0737 e. The Hall–Kier alpha value is -1.40. The Morgan fingerprint density at radius 2 is 1.92 bits per heavy atom. The van der Waals surface area contributed by atoms with Gasteiger partial charge in [0, 0.05) is 6.92 Å². The van der Waals surface area contributed by atoms with Gasteiger partial charge in [0.15, 0.2) is 0 Å². The minimum absolute atomic E-state index is 0.458. The number of nitrogen functional groups attached to an aromatic ring is 2. The van der Waals surface area contributed by atoms with Crippen molar-refractivity contribution in [2.45, 2.75) is 6.92 Å². The summed E-state index contributed by atoms with van der Waals surface area (Å²) in [4.78, 5) is 0. The molecular formula is C8H10ClN3. The molecule has 0 aliphatic heterocycles. The van der Waals surface area contributed by atoms with Crippen LogP contribution in [0.2, 0.25) is 5.02 Å². The van der Waals surface area contributed by atoms with Crippen molar-refractivity contribution < 1.29 is 0 Å². The van der Waals surface area contributed by atoms with Gasteiger partial charge in [-0.05, 0) is 12.1 Å². The number of nitriles is 1. The zero-order valence-corrected chi connectivity index (χ0v) is 7.47. The van der Waals surface area contributed by atoms with E-state index in [-0.39, 0.29) is 0 Å². The molecule has 1 aromatic carbocycles. The van der Waals surface area contributed by atoms with E-state index in [4.69, 9.17) is 28.3 Å². The van der Waals surface area contributed by atoms with Crippen LogP contribution in [0.25, 0.3) is 0 Å². The first-order chi connectivity index (χ1) is 5.63. The molecule has 0 unspecified atom stereocenters. The van der Waals surface area contributed by atoms with Crippen molar-refractivity contribution >= 4 is 23.0 Å². The Balaban J connectivity index is 0.000000354. The highest BCUT2D eigenvalue weighted by Crippen LogP contribution is 2.23. The zero-order valence-electron chi connectivity index (χ0n) is 6.71. The largest absolute Gasteiger partial charge is 0.397 e. The molecule has 0 aliphatic rings. The van der Waals surface area contributed by atoms with Crippen LogP contribution in [0.5, 0.6) is 0 Å². The highest BCUT2D eigenvalue weighted by molar-refractivity contribution is 6.33. The van der Waals surface area contributed by atoms with E-state index in [1.807, 2.05) is 0 Å². The van der Waals surface area contributed by atoms with Crippen LogP contribution in [0, 0.1) is 11.3 Å². The predicted molar refractivity (Wildman–Crippen MR) is 51.6 cm³/mol. The number of para-hydroxylation sites is 1. The van der Waals surface area contributed by atoms with Gasteiger partial charge in [0.2, 0.25) is 0 Å². The molecule has 0 heterocycles. The summed E-state index contributed by atoms with van der Waals surface area (Å²) in [5.74, 6) is 0. The first kappa shape index (κ1) is 10.6. The fraction of sp³-hybridized carbons (Fsp3) is 0.125. The van der Waals surface area contributed by atoms with Crippen molar-refractivity contribution in [3.05, 3.63) is 23.2 Å². The van der Waals surface area contributed by atoms with E-state index in [0.29, 0.717) is 16.4 Å². The van der Waals surface area contributed by atoms with E-state index >= 15 is 0 Å². The smallest absolute Gasteiger partial charge is 0.0737 e. The van der Waals surface area contributed by atoms with Gasteiger partial charge in [0.1, 0.15) is 0 Å². The molecule has 0 saturated heterocycles. The highest BCUT2D eigenvalue weighted by Gasteiger charge is 1.95. The standard InChI is InChI=1S/C6H7ClN2.C2H3N/c7-4-2-1-3-5(8)6(4)9;1-2-3/h1-3H,8-9H2;1H3. The van der Waals surface area contributed by atoms with Crippen LogP contribution >= 0.6 is 11.6 Å². The van der Waals surface area contributed by atoms with Crippen molar-refractivity contribution in [2.24, 2.45) is 0 Å². The Morgan fingerprint density at radius 1 is 1.42 bits per heavy atom. The third-order valence-electron chi connectivity index (χ3n) is 1.09. The van der Waals surface area contributed by atoms with Gasteiger partial charge in [-0.25, -0.2) is 0 Å². The van der Waals surface area contributed by atoms with E-state index in [1.165, 1.54) is 6.92 Å². The topological polar surface area (TPSA) is 75.8 Å². The number of hydrogen-bond acceptors (Lipinski definition) is 3. The Morgan fingerprint density at radius 3 is 2.25 bits per heavy atom. The van der Waals surface area contributed by atoms with Crippen LogP contribution < -0.4 is 11.5 Å². The predicted octanol–water partition coefficient (Wildman–Crippen LogP) is 2.03. The molecule has 4 N–H and O–H groups in total. The number of halogens is 1. The number of nitrogens with zero attached hydrogens (tertiary/aromatic N) is 1. The van der Waals surface area contributed by atoms with Gasteiger partial charge < -0.3 is 11.5 Å². The van der Waals surface area contributed by atoms with Crippen molar-refractivity contribution in [1.29, 1.82) is 5.26 Å². The third kappa shape index (κ3) is 3.13. The molecule has 1 aromatic rings. The molecule has 0 fully saturated rings. The fourth-order valence-electron chi connectivity index (χ4n) is 0.554. The second-order valence-electron chi connectivity index (χ2n) is 1.97. The summed E-state index contributed by atoms with van der Waals surface area (Å²) in [5.41, 5.74) is 11.8. The van der Waals surface area contributed by atoms with E-state index in [1.54, 1.807) is 24.3 Å². The average molecular weight is 184 g/mol. The SMILES string of the molecule is CC#N.Nc1cccc(Cl)c1N. The summed E-state index contributed by atoms with van der Waals surface area (Å²) in [6.45, 7) is 1.43. The molecular weight excluding hydrogens is 174 g/mol. The van der Waals surface area contributed by atoms with Gasteiger partial charge in [-0.1, -0.05) is 17.7 Å². The van der Waals surface area contributed by atoms with E-state index < -0.39 is 0 Å². The van der Waals surface area contributed by atoms with Crippen LogP contribution in [0.15, 0.2) is 18.2 Å². The minimum atomic E-state index is 0.458. The molecule has 4 heteroatoms. The lowest BCUT2D eigenvalue weighted by Crippen LogP contribution is -1.93. The molecule has 0 atom stereocenters. The number of anilines is 2. The number of hydrogen-bond donors (Lipinski definition) is 2. The molecule has 0 amide bonds. The lowest BCUT2D eigenvalue weighted by atomic mass is 10.3. The Labute approximate surface area is 76.5 Å². The third-order valence-corrected chi connectivity index (χ3v) is 1.42. The number of nitrogens with two attached hydrogens (primary N) is 2. The molecule has 0 bridgehead atoms. The van der Waals surface area contributed by atoms with Crippen molar-refractivity contribution in [3.63, 3.8) is 0 Å². The van der Waals surface area contributed by atoms with Gasteiger partial charge in [-0.3, -0.25) is 0 Å². The highest BCUT2D eigenvalue weighted by atomic mass is 35.5. The van der Waals surface area contributed by atoms with E-state index in [9.17, 15) is 0 Å². The second kappa shape index (κ2) is 5.28. The van der Waals surface area contributed by atoms with Crippen LogP contribution in [-0.2, 0) is 0 Å². The number of benzene rings is 1. The van der Waals surface area contributed by atoms with Crippen molar-refractivity contribution in [2.75, 3.05) is 11.5 Å². The molecule has 0 aliphatic carbocycles. The molecule has 0 aromatic heterocycles. The summed E-state index contributed by atoms with van der Waals surface area (Å²) in [5, 5.41) is 7.83. The monoisotopic (exact) mass is 183 g/mol. The second-order valence-corrected chi connectivity index (χ2v) is 2.37. The molecule has 0 radical (unpaired) electrons.